The molecule has 3 aromatic rings. The Kier molecular flexibility index (Phi) is 7.38. The van der Waals surface area contributed by atoms with Crippen LogP contribution in [0.3, 0.4) is 0 Å². The molecule has 10 heteroatoms. The van der Waals surface area contributed by atoms with Gasteiger partial charge in [0.05, 0.1) is 33.6 Å². The van der Waals surface area contributed by atoms with Crippen molar-refractivity contribution in [1.29, 1.82) is 0 Å². The number of nitrogens with zero attached hydrogens (tertiary/aromatic N) is 3. The standard InChI is InChI=1S/C21H25Cl2N5O3/c1-10(2)25-17-5-6-18(26-11(17)3)21-27-20(28-31-21)13-7-14(22)19(15(23)8-13)30-9-16(24)12(4)29/h5-8,10,12,16,25,29H,9,24H2,1-4H3/t12-,16+/m1/s1. The van der Waals surface area contributed by atoms with Gasteiger partial charge in [-0.1, -0.05) is 28.4 Å². The minimum Gasteiger partial charge on any atom is -0.489 e. The first-order valence-corrected chi connectivity index (χ1v) is 10.6. The number of ether oxygens (including phenoxy) is 1. The van der Waals surface area contributed by atoms with Crippen LogP contribution in [0.4, 0.5) is 5.69 Å². The Morgan fingerprint density at radius 2 is 1.84 bits per heavy atom. The van der Waals surface area contributed by atoms with E-state index < -0.39 is 12.1 Å². The van der Waals surface area contributed by atoms with E-state index in [2.05, 4.69) is 34.3 Å². The van der Waals surface area contributed by atoms with Crippen LogP contribution in [0.15, 0.2) is 28.8 Å². The van der Waals surface area contributed by atoms with E-state index in [1.807, 2.05) is 19.1 Å². The van der Waals surface area contributed by atoms with Gasteiger partial charge >= 0.3 is 0 Å². The fraction of sp³-hybridized carbons (Fsp3) is 0.381. The van der Waals surface area contributed by atoms with Crippen LogP contribution < -0.4 is 15.8 Å². The highest BCUT2D eigenvalue weighted by Gasteiger charge is 2.18. The number of nitrogens with one attached hydrogen (secondary N) is 1. The molecule has 31 heavy (non-hydrogen) atoms. The van der Waals surface area contributed by atoms with Crippen LogP contribution in [0, 0.1) is 6.92 Å². The highest BCUT2D eigenvalue weighted by Crippen LogP contribution is 2.37. The van der Waals surface area contributed by atoms with Gasteiger partial charge in [0.1, 0.15) is 12.3 Å². The summed E-state index contributed by atoms with van der Waals surface area (Å²) in [6, 6.07) is 6.73. The SMILES string of the molecule is Cc1nc(-c2nc(-c3cc(Cl)c(OC[C@H](N)[C@@H](C)O)c(Cl)c3)no2)ccc1NC(C)C. The van der Waals surface area contributed by atoms with Crippen molar-refractivity contribution in [3.63, 3.8) is 0 Å². The Hall–Kier alpha value is -2.39. The number of anilines is 1. The molecule has 0 radical (unpaired) electrons. The quantitative estimate of drug-likeness (QED) is 0.449. The van der Waals surface area contributed by atoms with E-state index in [0.29, 0.717) is 23.1 Å². The van der Waals surface area contributed by atoms with Crippen LogP contribution in [0.2, 0.25) is 10.0 Å². The predicted molar refractivity (Wildman–Crippen MR) is 122 cm³/mol. The van der Waals surface area contributed by atoms with Gasteiger partial charge in [0.2, 0.25) is 5.82 Å². The Morgan fingerprint density at radius 3 is 2.42 bits per heavy atom. The zero-order valence-corrected chi connectivity index (χ0v) is 19.2. The Morgan fingerprint density at radius 1 is 1.16 bits per heavy atom. The second-order valence-corrected chi connectivity index (χ2v) is 8.35. The summed E-state index contributed by atoms with van der Waals surface area (Å²) in [6.45, 7) is 7.68. The molecule has 0 aliphatic heterocycles. The average molecular weight is 466 g/mol. The van der Waals surface area contributed by atoms with E-state index in [1.54, 1.807) is 19.1 Å². The van der Waals surface area contributed by atoms with Gasteiger partial charge in [-0.25, -0.2) is 4.98 Å². The number of halogens is 2. The van der Waals surface area contributed by atoms with Gasteiger partial charge in [-0.2, -0.15) is 4.98 Å². The number of hydrogen-bond acceptors (Lipinski definition) is 8. The second-order valence-electron chi connectivity index (χ2n) is 7.54. The van der Waals surface area contributed by atoms with Crippen molar-refractivity contribution in [2.24, 2.45) is 5.73 Å². The number of rotatable bonds is 8. The van der Waals surface area contributed by atoms with E-state index in [4.69, 9.17) is 38.2 Å². The third-order valence-corrected chi connectivity index (χ3v) is 5.03. The maximum atomic E-state index is 9.49. The molecule has 0 saturated heterocycles. The normalized spacial score (nSPS) is 13.3. The van der Waals surface area contributed by atoms with Gasteiger partial charge in [0.15, 0.2) is 5.75 Å². The summed E-state index contributed by atoms with van der Waals surface area (Å²) in [7, 11) is 0. The minimum atomic E-state index is -0.720. The zero-order chi connectivity index (χ0) is 22.7. The van der Waals surface area contributed by atoms with Gasteiger partial charge < -0.3 is 25.4 Å². The van der Waals surface area contributed by atoms with Crippen molar-refractivity contribution in [1.82, 2.24) is 15.1 Å². The lowest BCUT2D eigenvalue weighted by atomic mass is 10.2. The molecule has 0 saturated carbocycles. The lowest BCUT2D eigenvalue weighted by Gasteiger charge is -2.17. The maximum absolute atomic E-state index is 9.49. The molecule has 0 unspecified atom stereocenters. The largest absolute Gasteiger partial charge is 0.489 e. The summed E-state index contributed by atoms with van der Waals surface area (Å²) >= 11 is 12.7. The molecular weight excluding hydrogens is 441 g/mol. The molecule has 0 aliphatic carbocycles. The molecule has 2 atom stereocenters. The van der Waals surface area contributed by atoms with Gasteiger partial charge in [-0.3, -0.25) is 0 Å². The van der Waals surface area contributed by atoms with E-state index in [0.717, 1.165) is 11.4 Å². The number of pyridine rings is 1. The number of benzene rings is 1. The Bertz CT molecular complexity index is 1030. The average Bonchev–Trinajstić information content (AvgIpc) is 3.18. The summed E-state index contributed by atoms with van der Waals surface area (Å²) in [5, 5.41) is 17.4. The molecule has 0 amide bonds. The van der Waals surface area contributed by atoms with Crippen molar-refractivity contribution >= 4 is 28.9 Å². The van der Waals surface area contributed by atoms with Crippen molar-refractivity contribution in [2.45, 2.75) is 45.9 Å². The summed E-state index contributed by atoms with van der Waals surface area (Å²) in [5.74, 6) is 0.872. The molecule has 0 bridgehead atoms. The number of nitrogens with two attached hydrogens (primary N) is 1. The first-order valence-electron chi connectivity index (χ1n) is 9.79. The second kappa shape index (κ2) is 9.82. The maximum Gasteiger partial charge on any atom is 0.276 e. The number of aliphatic hydroxyl groups excluding tert-OH is 1. The Balaban J connectivity index is 1.82. The molecule has 2 heterocycles. The van der Waals surface area contributed by atoms with E-state index in [1.165, 1.54) is 0 Å². The summed E-state index contributed by atoms with van der Waals surface area (Å²) in [4.78, 5) is 8.96. The monoisotopic (exact) mass is 465 g/mol. The molecule has 2 aromatic heterocycles. The first-order chi connectivity index (χ1) is 14.7. The highest BCUT2D eigenvalue weighted by atomic mass is 35.5. The van der Waals surface area contributed by atoms with Gasteiger partial charge in [0.25, 0.3) is 5.89 Å². The highest BCUT2D eigenvalue weighted by molar-refractivity contribution is 6.37. The first kappa shape index (κ1) is 23.3. The molecule has 3 rings (SSSR count). The molecule has 0 aliphatic rings. The lowest BCUT2D eigenvalue weighted by molar-refractivity contribution is 0.131. The van der Waals surface area contributed by atoms with Crippen LogP contribution in [0.1, 0.15) is 26.5 Å². The van der Waals surface area contributed by atoms with E-state index >= 15 is 0 Å². The van der Waals surface area contributed by atoms with Crippen molar-refractivity contribution in [3.8, 4) is 28.7 Å². The molecule has 0 spiro atoms. The van der Waals surface area contributed by atoms with E-state index in [9.17, 15) is 5.11 Å². The zero-order valence-electron chi connectivity index (χ0n) is 17.7. The minimum absolute atomic E-state index is 0.0650. The fourth-order valence-corrected chi connectivity index (χ4v) is 3.33. The molecule has 0 fully saturated rings. The van der Waals surface area contributed by atoms with Gasteiger partial charge in [0, 0.05) is 11.6 Å². The smallest absolute Gasteiger partial charge is 0.276 e. The third-order valence-electron chi connectivity index (χ3n) is 4.47. The molecule has 8 nitrogen and oxygen atoms in total. The van der Waals surface area contributed by atoms with Crippen molar-refractivity contribution < 1.29 is 14.4 Å². The van der Waals surface area contributed by atoms with Crippen molar-refractivity contribution in [2.75, 3.05) is 11.9 Å². The van der Waals surface area contributed by atoms with Gasteiger partial charge in [-0.15, -0.1) is 0 Å². The summed E-state index contributed by atoms with van der Waals surface area (Å²) in [5.41, 5.74) is 8.69. The number of hydrogen-bond donors (Lipinski definition) is 3. The van der Waals surface area contributed by atoms with Gasteiger partial charge in [-0.05, 0) is 52.0 Å². The molecule has 1 aromatic carbocycles. The van der Waals surface area contributed by atoms with Crippen LogP contribution in [0.25, 0.3) is 23.0 Å². The van der Waals surface area contributed by atoms with Crippen LogP contribution >= 0.6 is 23.2 Å². The molecule has 166 valence electrons. The Labute approximate surface area is 190 Å². The van der Waals surface area contributed by atoms with Crippen LogP contribution in [0.5, 0.6) is 5.75 Å². The summed E-state index contributed by atoms with van der Waals surface area (Å²) in [6.07, 6.45) is -0.720. The van der Waals surface area contributed by atoms with Crippen molar-refractivity contribution in [3.05, 3.63) is 40.0 Å². The number of aryl methyl sites for hydroxylation is 1. The number of aromatic nitrogens is 3. The predicted octanol–water partition coefficient (Wildman–Crippen LogP) is 4.32. The van der Waals surface area contributed by atoms with Crippen LogP contribution in [-0.2, 0) is 0 Å². The van der Waals surface area contributed by atoms with E-state index in [-0.39, 0.29) is 28.3 Å². The fourth-order valence-electron chi connectivity index (χ4n) is 2.73. The van der Waals surface area contributed by atoms with Crippen LogP contribution in [-0.4, -0.2) is 45.0 Å². The topological polar surface area (TPSA) is 119 Å². The lowest BCUT2D eigenvalue weighted by Crippen LogP contribution is -2.38. The summed E-state index contributed by atoms with van der Waals surface area (Å²) < 4.78 is 11.0. The third kappa shape index (κ3) is 5.65. The molecular formula is C21H25Cl2N5O3. The number of aliphatic hydroxyl groups is 1. The molecule has 4 N–H and O–H groups in total.